The van der Waals surface area contributed by atoms with Crippen molar-refractivity contribution in [1.29, 1.82) is 0 Å². The Labute approximate surface area is 258 Å². The number of carbonyl (C=O) groups excluding carboxylic acids is 2. The largest absolute Gasteiger partial charge is 0.457 e. The lowest BCUT2D eigenvalue weighted by Gasteiger charge is -2.33. The molecule has 2 aliphatic heterocycles. The van der Waals surface area contributed by atoms with E-state index in [1.54, 1.807) is 6.07 Å². The summed E-state index contributed by atoms with van der Waals surface area (Å²) in [6.07, 6.45) is 3.58. The molecule has 2 aliphatic rings. The third-order valence-corrected chi connectivity index (χ3v) is 8.47. The minimum atomic E-state index is -0.649. The SMILES string of the molecule is Nc1ncnc2c1c(-c1ccc(Oc3ccccc3)cc1)nn2C1CCN(Cc2ccc(F)nc2C2CCC(=O)NC2=O)CC1. The Kier molecular flexibility index (Phi) is 7.64. The zero-order valence-electron chi connectivity index (χ0n) is 24.4. The van der Waals surface area contributed by atoms with Gasteiger partial charge in [-0.25, -0.2) is 19.6 Å². The molecule has 3 aromatic heterocycles. The van der Waals surface area contributed by atoms with Gasteiger partial charge < -0.3 is 10.5 Å². The second-order valence-corrected chi connectivity index (χ2v) is 11.4. The number of amides is 2. The first-order chi connectivity index (χ1) is 21.9. The number of fused-ring (bicyclic) bond motifs is 1. The van der Waals surface area contributed by atoms with Gasteiger partial charge in [0.05, 0.1) is 23.0 Å². The molecule has 3 N–H and O–H groups in total. The van der Waals surface area contributed by atoms with Gasteiger partial charge in [0.25, 0.3) is 0 Å². The molecule has 5 heterocycles. The minimum Gasteiger partial charge on any atom is -0.457 e. The number of nitrogens with zero attached hydrogens (tertiary/aromatic N) is 6. The zero-order valence-corrected chi connectivity index (χ0v) is 24.4. The van der Waals surface area contributed by atoms with Crippen molar-refractivity contribution in [1.82, 2.24) is 34.9 Å². The van der Waals surface area contributed by atoms with Crippen LogP contribution in [0.1, 0.15) is 48.9 Å². The lowest BCUT2D eigenvalue weighted by atomic mass is 9.91. The molecule has 0 aliphatic carbocycles. The number of pyridine rings is 1. The Morgan fingerprint density at radius 2 is 1.69 bits per heavy atom. The number of halogens is 1. The molecule has 5 aromatic rings. The van der Waals surface area contributed by atoms with Gasteiger partial charge in [0.1, 0.15) is 29.3 Å². The number of nitrogens with one attached hydrogen (secondary N) is 1. The predicted molar refractivity (Wildman–Crippen MR) is 165 cm³/mol. The molecule has 2 amide bonds. The van der Waals surface area contributed by atoms with Gasteiger partial charge in [0.2, 0.25) is 17.8 Å². The minimum absolute atomic E-state index is 0.0773. The lowest BCUT2D eigenvalue weighted by Crippen LogP contribution is -2.40. The fourth-order valence-corrected chi connectivity index (χ4v) is 6.19. The van der Waals surface area contributed by atoms with Gasteiger partial charge in [-0.05, 0) is 67.3 Å². The summed E-state index contributed by atoms with van der Waals surface area (Å²) >= 11 is 0. The molecule has 2 saturated heterocycles. The number of piperidine rings is 2. The lowest BCUT2D eigenvalue weighted by molar-refractivity contribution is -0.134. The monoisotopic (exact) mass is 606 g/mol. The molecule has 45 heavy (non-hydrogen) atoms. The van der Waals surface area contributed by atoms with Crippen molar-refractivity contribution in [3.05, 3.63) is 90.3 Å². The van der Waals surface area contributed by atoms with E-state index in [0.717, 1.165) is 42.8 Å². The number of nitrogen functional groups attached to an aromatic ring is 1. The summed E-state index contributed by atoms with van der Waals surface area (Å²) in [5.41, 5.74) is 9.82. The average molecular weight is 607 g/mol. The van der Waals surface area contributed by atoms with Crippen LogP contribution in [0.5, 0.6) is 11.5 Å². The molecular formula is C33H31FN8O3. The molecule has 0 bridgehead atoms. The number of para-hydroxylation sites is 1. The van der Waals surface area contributed by atoms with Gasteiger partial charge in [-0.1, -0.05) is 24.3 Å². The standard InChI is InChI=1S/C33H31FN8O3/c34-26-12-8-21(29(38-26)25-11-13-27(43)39-33(25)44)18-41-16-14-22(15-17-41)42-32-28(31(35)36-19-37-32)30(40-42)20-6-9-24(10-7-20)45-23-4-2-1-3-5-23/h1-10,12,19,22,25H,11,13-18H2,(H2,35,36,37)(H,39,43,44). The van der Waals surface area contributed by atoms with Crippen molar-refractivity contribution < 1.29 is 18.7 Å². The molecule has 1 atom stereocenters. The van der Waals surface area contributed by atoms with Crippen LogP contribution in [0.2, 0.25) is 0 Å². The first-order valence-corrected chi connectivity index (χ1v) is 15.0. The number of rotatable bonds is 7. The normalized spacial score (nSPS) is 17.8. The molecule has 228 valence electrons. The Bertz CT molecular complexity index is 1870. The predicted octanol–water partition coefficient (Wildman–Crippen LogP) is 4.76. The molecule has 2 aromatic carbocycles. The average Bonchev–Trinajstić information content (AvgIpc) is 3.44. The second kappa shape index (κ2) is 12.0. The van der Waals surface area contributed by atoms with E-state index < -0.39 is 17.8 Å². The molecular weight excluding hydrogens is 575 g/mol. The van der Waals surface area contributed by atoms with Gasteiger partial charge in [-0.2, -0.15) is 9.49 Å². The van der Waals surface area contributed by atoms with Crippen molar-refractivity contribution >= 4 is 28.7 Å². The third-order valence-electron chi connectivity index (χ3n) is 8.47. The Balaban J connectivity index is 1.09. The van der Waals surface area contributed by atoms with Crippen LogP contribution in [0.3, 0.4) is 0 Å². The van der Waals surface area contributed by atoms with Gasteiger partial charge in [-0.15, -0.1) is 0 Å². The topological polar surface area (TPSA) is 141 Å². The molecule has 2 fully saturated rings. The number of benzene rings is 2. The van der Waals surface area contributed by atoms with Crippen LogP contribution in [0.25, 0.3) is 22.3 Å². The molecule has 1 unspecified atom stereocenters. The zero-order chi connectivity index (χ0) is 30.9. The maximum atomic E-state index is 14.2. The Hall–Kier alpha value is -5.23. The van der Waals surface area contributed by atoms with Gasteiger partial charge in [0, 0.05) is 31.6 Å². The van der Waals surface area contributed by atoms with Crippen LogP contribution < -0.4 is 15.8 Å². The number of carbonyl (C=O) groups is 2. The van der Waals surface area contributed by atoms with E-state index in [4.69, 9.17) is 15.6 Å². The Morgan fingerprint density at radius 1 is 0.933 bits per heavy atom. The van der Waals surface area contributed by atoms with E-state index in [0.29, 0.717) is 47.0 Å². The summed E-state index contributed by atoms with van der Waals surface area (Å²) in [6.45, 7) is 2.02. The molecule has 11 nitrogen and oxygen atoms in total. The number of likely N-dealkylation sites (tertiary alicyclic amines) is 1. The van der Waals surface area contributed by atoms with Gasteiger partial charge in [0.15, 0.2) is 5.65 Å². The summed E-state index contributed by atoms with van der Waals surface area (Å²) < 4.78 is 22.1. The summed E-state index contributed by atoms with van der Waals surface area (Å²) in [7, 11) is 0. The summed E-state index contributed by atoms with van der Waals surface area (Å²) in [6, 6.07) is 20.4. The van der Waals surface area contributed by atoms with Crippen molar-refractivity contribution in [3.8, 4) is 22.8 Å². The highest BCUT2D eigenvalue weighted by Gasteiger charge is 2.32. The van der Waals surface area contributed by atoms with Gasteiger partial charge in [-0.3, -0.25) is 19.8 Å². The second-order valence-electron chi connectivity index (χ2n) is 11.4. The first-order valence-electron chi connectivity index (χ1n) is 15.0. The van der Waals surface area contributed by atoms with E-state index in [2.05, 4.69) is 25.2 Å². The molecule has 0 spiro atoms. The van der Waals surface area contributed by atoms with E-state index in [-0.39, 0.29) is 18.4 Å². The number of anilines is 1. The molecule has 0 saturated carbocycles. The molecule has 12 heteroatoms. The third kappa shape index (κ3) is 5.84. The highest BCUT2D eigenvalue weighted by Crippen LogP contribution is 2.36. The number of hydrogen-bond acceptors (Lipinski definition) is 9. The summed E-state index contributed by atoms with van der Waals surface area (Å²) in [4.78, 5) is 39.4. The van der Waals surface area contributed by atoms with Crippen molar-refractivity contribution in [2.24, 2.45) is 0 Å². The first kappa shape index (κ1) is 28.5. The molecule has 0 radical (unpaired) electrons. The van der Waals surface area contributed by atoms with E-state index in [9.17, 15) is 14.0 Å². The number of aromatic nitrogens is 5. The van der Waals surface area contributed by atoms with Gasteiger partial charge >= 0.3 is 0 Å². The summed E-state index contributed by atoms with van der Waals surface area (Å²) in [5, 5.41) is 8.09. The number of imide groups is 1. The summed E-state index contributed by atoms with van der Waals surface area (Å²) in [5.74, 6) is -0.193. The van der Waals surface area contributed by atoms with Crippen molar-refractivity contribution in [3.63, 3.8) is 0 Å². The fraction of sp³-hybridized carbons (Fsp3) is 0.273. The van der Waals surface area contributed by atoms with Crippen LogP contribution in [0, 0.1) is 5.95 Å². The smallest absolute Gasteiger partial charge is 0.235 e. The number of nitrogens with two attached hydrogens (primary N) is 1. The van der Waals surface area contributed by atoms with E-state index in [1.165, 1.54) is 12.4 Å². The van der Waals surface area contributed by atoms with Crippen molar-refractivity contribution in [2.75, 3.05) is 18.8 Å². The number of hydrogen-bond donors (Lipinski definition) is 2. The molecule has 7 rings (SSSR count). The van der Waals surface area contributed by atoms with Crippen molar-refractivity contribution in [2.45, 2.75) is 44.2 Å². The fourth-order valence-electron chi connectivity index (χ4n) is 6.19. The Morgan fingerprint density at radius 3 is 2.44 bits per heavy atom. The quantitative estimate of drug-likeness (QED) is 0.198. The highest BCUT2D eigenvalue weighted by molar-refractivity contribution is 6.01. The maximum Gasteiger partial charge on any atom is 0.235 e. The van der Waals surface area contributed by atoms with Crippen LogP contribution >= 0.6 is 0 Å². The maximum absolute atomic E-state index is 14.2. The van der Waals surface area contributed by atoms with Crippen LogP contribution in [-0.4, -0.2) is 54.5 Å². The van der Waals surface area contributed by atoms with Crippen LogP contribution in [0.15, 0.2) is 73.1 Å². The number of ether oxygens (including phenoxy) is 1. The van der Waals surface area contributed by atoms with Crippen LogP contribution in [0.4, 0.5) is 10.2 Å². The van der Waals surface area contributed by atoms with E-state index in [1.807, 2.05) is 59.3 Å². The van der Waals surface area contributed by atoms with E-state index >= 15 is 0 Å². The van der Waals surface area contributed by atoms with Crippen LogP contribution in [-0.2, 0) is 16.1 Å². The highest BCUT2D eigenvalue weighted by atomic mass is 19.1.